The predicted octanol–water partition coefficient (Wildman–Crippen LogP) is 1.38. The maximum Gasteiger partial charge on any atom is 0.0650 e. The Kier molecular flexibility index (Phi) is 4.55. The van der Waals surface area contributed by atoms with Gasteiger partial charge in [-0.05, 0) is 19.4 Å². The second-order valence-electron chi connectivity index (χ2n) is 2.93. The minimum Gasteiger partial charge on any atom is -0.394 e. The van der Waals surface area contributed by atoms with Gasteiger partial charge in [0, 0.05) is 0 Å². The van der Waals surface area contributed by atoms with E-state index >= 15 is 0 Å². The first-order valence-electron chi connectivity index (χ1n) is 3.94. The molecule has 0 saturated carbocycles. The van der Waals surface area contributed by atoms with Crippen molar-refractivity contribution in [3.05, 3.63) is 36.5 Å². The van der Waals surface area contributed by atoms with Crippen LogP contribution in [0.25, 0.3) is 0 Å². The van der Waals surface area contributed by atoms with Crippen molar-refractivity contribution in [2.45, 2.75) is 19.4 Å². The highest BCUT2D eigenvalue weighted by molar-refractivity contribution is 5.31. The standard InChI is InChI=1S/C10H17NO/c1-4-6-7-9(5-2)10(3,11)8-12/h4-7,12H,2,8,11H2,1,3H3/b6-4-,9-7+. The summed E-state index contributed by atoms with van der Waals surface area (Å²) in [6.45, 7) is 7.24. The Labute approximate surface area is 74.1 Å². The zero-order valence-corrected chi connectivity index (χ0v) is 7.75. The van der Waals surface area contributed by atoms with E-state index in [-0.39, 0.29) is 6.61 Å². The van der Waals surface area contributed by atoms with E-state index in [1.165, 1.54) is 0 Å². The van der Waals surface area contributed by atoms with E-state index in [1.54, 1.807) is 13.0 Å². The fourth-order valence-electron chi connectivity index (χ4n) is 0.783. The van der Waals surface area contributed by atoms with Gasteiger partial charge in [0.2, 0.25) is 0 Å². The van der Waals surface area contributed by atoms with E-state index in [0.29, 0.717) is 0 Å². The summed E-state index contributed by atoms with van der Waals surface area (Å²) in [4.78, 5) is 0. The number of aliphatic hydroxyl groups is 1. The Balaban J connectivity index is 4.65. The van der Waals surface area contributed by atoms with Crippen LogP contribution in [0.2, 0.25) is 0 Å². The van der Waals surface area contributed by atoms with Crippen LogP contribution in [-0.2, 0) is 0 Å². The second-order valence-corrected chi connectivity index (χ2v) is 2.93. The summed E-state index contributed by atoms with van der Waals surface area (Å²) >= 11 is 0. The van der Waals surface area contributed by atoms with Crippen LogP contribution >= 0.6 is 0 Å². The molecule has 1 atom stereocenters. The van der Waals surface area contributed by atoms with E-state index < -0.39 is 5.54 Å². The first-order chi connectivity index (χ1) is 5.58. The molecular weight excluding hydrogens is 150 g/mol. The molecule has 0 spiro atoms. The molecule has 0 heterocycles. The summed E-state index contributed by atoms with van der Waals surface area (Å²) < 4.78 is 0. The van der Waals surface area contributed by atoms with E-state index in [4.69, 9.17) is 10.8 Å². The number of aliphatic hydroxyl groups excluding tert-OH is 1. The van der Waals surface area contributed by atoms with E-state index in [1.807, 2.05) is 25.2 Å². The predicted molar refractivity (Wildman–Crippen MR) is 52.8 cm³/mol. The van der Waals surface area contributed by atoms with E-state index in [9.17, 15) is 0 Å². The van der Waals surface area contributed by atoms with E-state index in [2.05, 4.69) is 6.58 Å². The molecular formula is C10H17NO. The highest BCUT2D eigenvalue weighted by Crippen LogP contribution is 2.13. The van der Waals surface area contributed by atoms with Crippen molar-refractivity contribution in [3.63, 3.8) is 0 Å². The van der Waals surface area contributed by atoms with Gasteiger partial charge in [-0.1, -0.05) is 30.9 Å². The lowest BCUT2D eigenvalue weighted by Crippen LogP contribution is -2.41. The second kappa shape index (κ2) is 4.91. The van der Waals surface area contributed by atoms with Crippen molar-refractivity contribution in [1.82, 2.24) is 0 Å². The maximum absolute atomic E-state index is 8.96. The first-order valence-corrected chi connectivity index (χ1v) is 3.94. The van der Waals surface area contributed by atoms with Crippen LogP contribution in [0.1, 0.15) is 13.8 Å². The Hall–Kier alpha value is -0.860. The van der Waals surface area contributed by atoms with Crippen LogP contribution in [0.15, 0.2) is 36.5 Å². The van der Waals surface area contributed by atoms with Gasteiger partial charge < -0.3 is 10.8 Å². The van der Waals surface area contributed by atoms with Crippen LogP contribution in [-0.4, -0.2) is 17.3 Å². The minimum atomic E-state index is -0.693. The smallest absolute Gasteiger partial charge is 0.0650 e. The molecule has 0 aromatic heterocycles. The van der Waals surface area contributed by atoms with E-state index in [0.717, 1.165) is 5.57 Å². The molecule has 0 amide bonds. The third-order valence-corrected chi connectivity index (χ3v) is 1.68. The van der Waals surface area contributed by atoms with Gasteiger partial charge in [0.25, 0.3) is 0 Å². The molecule has 2 nitrogen and oxygen atoms in total. The Morgan fingerprint density at radius 2 is 2.25 bits per heavy atom. The molecule has 12 heavy (non-hydrogen) atoms. The van der Waals surface area contributed by atoms with Crippen molar-refractivity contribution >= 4 is 0 Å². The molecule has 0 aliphatic heterocycles. The molecule has 0 aromatic rings. The molecule has 3 N–H and O–H groups in total. The number of allylic oxidation sites excluding steroid dienone is 3. The van der Waals surface area contributed by atoms with Crippen molar-refractivity contribution in [3.8, 4) is 0 Å². The topological polar surface area (TPSA) is 46.2 Å². The number of nitrogens with two attached hydrogens (primary N) is 1. The van der Waals surface area contributed by atoms with Gasteiger partial charge in [0.05, 0.1) is 12.1 Å². The highest BCUT2D eigenvalue weighted by atomic mass is 16.3. The zero-order chi connectivity index (χ0) is 9.61. The third-order valence-electron chi connectivity index (χ3n) is 1.68. The van der Waals surface area contributed by atoms with Crippen LogP contribution in [0.5, 0.6) is 0 Å². The fraction of sp³-hybridized carbons (Fsp3) is 0.400. The largest absolute Gasteiger partial charge is 0.394 e. The van der Waals surface area contributed by atoms with Gasteiger partial charge in [-0.15, -0.1) is 0 Å². The summed E-state index contributed by atoms with van der Waals surface area (Å²) in [5, 5.41) is 8.96. The number of hydrogen-bond donors (Lipinski definition) is 2. The zero-order valence-electron chi connectivity index (χ0n) is 7.75. The minimum absolute atomic E-state index is 0.0809. The molecule has 0 aromatic carbocycles. The molecule has 0 rings (SSSR count). The van der Waals surface area contributed by atoms with Gasteiger partial charge in [-0.25, -0.2) is 0 Å². The van der Waals surface area contributed by atoms with Crippen molar-refractivity contribution in [1.29, 1.82) is 0 Å². The van der Waals surface area contributed by atoms with Gasteiger partial charge in [0.15, 0.2) is 0 Å². The van der Waals surface area contributed by atoms with Crippen molar-refractivity contribution < 1.29 is 5.11 Å². The number of hydrogen-bond acceptors (Lipinski definition) is 2. The van der Waals surface area contributed by atoms with Gasteiger partial charge in [0.1, 0.15) is 0 Å². The van der Waals surface area contributed by atoms with Crippen molar-refractivity contribution in [2.75, 3.05) is 6.61 Å². The summed E-state index contributed by atoms with van der Waals surface area (Å²) in [5.41, 5.74) is 5.93. The van der Waals surface area contributed by atoms with Crippen molar-refractivity contribution in [2.24, 2.45) is 5.73 Å². The average Bonchev–Trinajstić information content (AvgIpc) is 2.05. The monoisotopic (exact) mass is 167 g/mol. The van der Waals surface area contributed by atoms with Gasteiger partial charge in [-0.2, -0.15) is 0 Å². The molecule has 0 radical (unpaired) electrons. The Morgan fingerprint density at radius 3 is 2.58 bits per heavy atom. The SMILES string of the molecule is C=C/C(=C\C=C/C)C(C)(N)CO. The molecule has 0 aliphatic rings. The third kappa shape index (κ3) is 3.03. The fourth-order valence-corrected chi connectivity index (χ4v) is 0.783. The lowest BCUT2D eigenvalue weighted by atomic mass is 9.93. The molecule has 1 unspecified atom stereocenters. The quantitative estimate of drug-likeness (QED) is 0.621. The van der Waals surface area contributed by atoms with Crippen LogP contribution in [0, 0.1) is 0 Å². The Bertz CT molecular complexity index is 202. The lowest BCUT2D eigenvalue weighted by molar-refractivity contribution is 0.233. The molecule has 0 aliphatic carbocycles. The molecule has 0 fully saturated rings. The number of rotatable bonds is 4. The lowest BCUT2D eigenvalue weighted by Gasteiger charge is -2.22. The maximum atomic E-state index is 8.96. The molecule has 0 saturated heterocycles. The van der Waals surface area contributed by atoms with Gasteiger partial charge >= 0.3 is 0 Å². The average molecular weight is 167 g/mol. The molecule has 2 heteroatoms. The summed E-state index contributed by atoms with van der Waals surface area (Å²) in [7, 11) is 0. The molecule has 0 bridgehead atoms. The molecule has 68 valence electrons. The van der Waals surface area contributed by atoms with Gasteiger partial charge in [-0.3, -0.25) is 0 Å². The van der Waals surface area contributed by atoms with Crippen LogP contribution < -0.4 is 5.73 Å². The Morgan fingerprint density at radius 1 is 1.67 bits per heavy atom. The first kappa shape index (κ1) is 11.1. The van der Waals surface area contributed by atoms with Crippen LogP contribution in [0.4, 0.5) is 0 Å². The van der Waals surface area contributed by atoms with Crippen LogP contribution in [0.3, 0.4) is 0 Å². The highest BCUT2D eigenvalue weighted by Gasteiger charge is 2.19. The normalized spacial score (nSPS) is 17.8. The summed E-state index contributed by atoms with van der Waals surface area (Å²) in [5.74, 6) is 0. The summed E-state index contributed by atoms with van der Waals surface area (Å²) in [6, 6.07) is 0. The summed E-state index contributed by atoms with van der Waals surface area (Å²) in [6.07, 6.45) is 7.29.